The van der Waals surface area contributed by atoms with E-state index in [2.05, 4.69) is 34.3 Å². The molecule has 1 N–H and O–H groups in total. The maximum absolute atomic E-state index is 12.6. The summed E-state index contributed by atoms with van der Waals surface area (Å²) in [7, 11) is 0. The Bertz CT molecular complexity index is 766. The lowest BCUT2D eigenvalue weighted by atomic mass is 10.0. The molecule has 0 bridgehead atoms. The minimum atomic E-state index is 0.0586. The van der Waals surface area contributed by atoms with Crippen molar-refractivity contribution in [2.75, 3.05) is 19.8 Å². The molecular weight excluding hydrogens is 346 g/mol. The van der Waals surface area contributed by atoms with E-state index in [0.717, 1.165) is 56.8 Å². The van der Waals surface area contributed by atoms with Gasteiger partial charge in [-0.2, -0.15) is 0 Å². The number of nitrogens with zero attached hydrogens (tertiary/aromatic N) is 2. The summed E-state index contributed by atoms with van der Waals surface area (Å²) in [6.07, 6.45) is 4.84. The third-order valence-electron chi connectivity index (χ3n) is 5.22. The van der Waals surface area contributed by atoms with E-state index in [1.54, 1.807) is 11.3 Å². The van der Waals surface area contributed by atoms with Crippen molar-refractivity contribution in [3.8, 4) is 0 Å². The zero-order valence-electron chi connectivity index (χ0n) is 15.2. The first-order chi connectivity index (χ1) is 12.7. The molecule has 1 amide bonds. The molecule has 1 atom stereocenters. The predicted octanol–water partition coefficient (Wildman–Crippen LogP) is 2.78. The van der Waals surface area contributed by atoms with E-state index in [-0.39, 0.29) is 11.9 Å². The third kappa shape index (κ3) is 3.82. The SMILES string of the molecule is CCc1ccc(CN2CCc3c(C(=O)N[C@@H]4CCOC4)csc3C2)nc1. The smallest absolute Gasteiger partial charge is 0.252 e. The molecule has 1 saturated heterocycles. The molecule has 2 aliphatic rings. The number of hydrogen-bond acceptors (Lipinski definition) is 5. The summed E-state index contributed by atoms with van der Waals surface area (Å²) in [4.78, 5) is 20.9. The van der Waals surface area contributed by atoms with Crippen molar-refractivity contribution in [3.05, 3.63) is 51.0 Å². The second-order valence-corrected chi connectivity index (χ2v) is 8.02. The Balaban J connectivity index is 1.39. The highest BCUT2D eigenvalue weighted by molar-refractivity contribution is 7.10. The maximum atomic E-state index is 12.6. The summed E-state index contributed by atoms with van der Waals surface area (Å²) in [5.41, 5.74) is 4.48. The van der Waals surface area contributed by atoms with E-state index >= 15 is 0 Å². The highest BCUT2D eigenvalue weighted by atomic mass is 32.1. The molecule has 0 spiro atoms. The number of ether oxygens (including phenoxy) is 1. The molecule has 26 heavy (non-hydrogen) atoms. The summed E-state index contributed by atoms with van der Waals surface area (Å²) >= 11 is 1.70. The van der Waals surface area contributed by atoms with Gasteiger partial charge in [0.1, 0.15) is 0 Å². The largest absolute Gasteiger partial charge is 0.379 e. The Labute approximate surface area is 158 Å². The number of fused-ring (bicyclic) bond motifs is 1. The van der Waals surface area contributed by atoms with Crippen molar-refractivity contribution >= 4 is 17.2 Å². The van der Waals surface area contributed by atoms with Gasteiger partial charge < -0.3 is 10.1 Å². The number of carbonyl (C=O) groups is 1. The van der Waals surface area contributed by atoms with Gasteiger partial charge in [-0.15, -0.1) is 11.3 Å². The summed E-state index contributed by atoms with van der Waals surface area (Å²) in [5, 5.41) is 5.13. The van der Waals surface area contributed by atoms with Gasteiger partial charge in [-0.3, -0.25) is 14.7 Å². The van der Waals surface area contributed by atoms with Crippen LogP contribution in [0.25, 0.3) is 0 Å². The average molecular weight is 372 g/mol. The fraction of sp³-hybridized carbons (Fsp3) is 0.500. The van der Waals surface area contributed by atoms with Gasteiger partial charge in [-0.1, -0.05) is 13.0 Å². The topological polar surface area (TPSA) is 54.5 Å². The van der Waals surface area contributed by atoms with Crippen LogP contribution in [-0.4, -0.2) is 41.6 Å². The summed E-state index contributed by atoms with van der Waals surface area (Å²) in [6, 6.07) is 4.46. The van der Waals surface area contributed by atoms with E-state index in [1.807, 2.05) is 11.6 Å². The Morgan fingerprint density at radius 2 is 2.38 bits per heavy atom. The zero-order valence-corrected chi connectivity index (χ0v) is 16.0. The lowest BCUT2D eigenvalue weighted by Crippen LogP contribution is -2.36. The van der Waals surface area contributed by atoms with Crippen LogP contribution in [0, 0.1) is 0 Å². The summed E-state index contributed by atoms with van der Waals surface area (Å²) in [6.45, 7) is 6.25. The molecule has 2 aliphatic heterocycles. The molecule has 2 aromatic rings. The number of pyridine rings is 1. The Kier molecular flexibility index (Phi) is 5.33. The van der Waals surface area contributed by atoms with Crippen LogP contribution >= 0.6 is 11.3 Å². The average Bonchev–Trinajstić information content (AvgIpc) is 3.31. The first-order valence-corrected chi connectivity index (χ1v) is 10.2. The normalized spacial score (nSPS) is 20.1. The fourth-order valence-corrected chi connectivity index (χ4v) is 4.73. The molecular formula is C20H25N3O2S. The molecule has 5 nitrogen and oxygen atoms in total. The first-order valence-electron chi connectivity index (χ1n) is 9.37. The fourth-order valence-electron chi connectivity index (χ4n) is 3.61. The van der Waals surface area contributed by atoms with Gasteiger partial charge in [-0.05, 0) is 36.5 Å². The molecule has 138 valence electrons. The number of aromatic nitrogens is 1. The Morgan fingerprint density at radius 3 is 3.12 bits per heavy atom. The minimum absolute atomic E-state index is 0.0586. The second kappa shape index (κ2) is 7.86. The van der Waals surface area contributed by atoms with E-state index < -0.39 is 0 Å². The number of aryl methyl sites for hydroxylation is 1. The van der Waals surface area contributed by atoms with Crippen LogP contribution < -0.4 is 5.32 Å². The molecule has 4 rings (SSSR count). The van der Waals surface area contributed by atoms with Crippen molar-refractivity contribution in [2.45, 2.75) is 45.3 Å². The van der Waals surface area contributed by atoms with Crippen LogP contribution in [0.15, 0.2) is 23.7 Å². The standard InChI is InChI=1S/C20H25N3O2S/c1-2-14-3-4-15(21-9-14)10-23-7-5-17-18(13-26-19(17)11-23)20(24)22-16-6-8-25-12-16/h3-4,9,13,16H,2,5-8,10-12H2,1H3,(H,22,24)/t16-/m1/s1. The molecule has 6 heteroatoms. The quantitative estimate of drug-likeness (QED) is 0.878. The first kappa shape index (κ1) is 17.6. The van der Waals surface area contributed by atoms with Gasteiger partial charge in [0.15, 0.2) is 0 Å². The lowest BCUT2D eigenvalue weighted by Gasteiger charge is -2.27. The highest BCUT2D eigenvalue weighted by Gasteiger charge is 2.26. The molecule has 0 aromatic carbocycles. The summed E-state index contributed by atoms with van der Waals surface area (Å²) < 4.78 is 5.35. The Morgan fingerprint density at radius 1 is 1.46 bits per heavy atom. The molecule has 0 aliphatic carbocycles. The van der Waals surface area contributed by atoms with Gasteiger partial charge in [0.25, 0.3) is 5.91 Å². The number of hydrogen-bond donors (Lipinski definition) is 1. The van der Waals surface area contributed by atoms with E-state index in [1.165, 1.54) is 16.0 Å². The maximum Gasteiger partial charge on any atom is 0.252 e. The van der Waals surface area contributed by atoms with Gasteiger partial charge in [0.05, 0.1) is 23.9 Å². The molecule has 0 radical (unpaired) electrons. The molecule has 2 aromatic heterocycles. The van der Waals surface area contributed by atoms with E-state index in [4.69, 9.17) is 4.74 Å². The van der Waals surface area contributed by atoms with E-state index in [9.17, 15) is 4.79 Å². The highest BCUT2D eigenvalue weighted by Crippen LogP contribution is 2.29. The van der Waals surface area contributed by atoms with Gasteiger partial charge in [0, 0.05) is 42.7 Å². The van der Waals surface area contributed by atoms with Crippen molar-refractivity contribution in [1.82, 2.24) is 15.2 Å². The third-order valence-corrected chi connectivity index (χ3v) is 6.23. The second-order valence-electron chi connectivity index (χ2n) is 7.06. The number of rotatable bonds is 5. The Hall–Kier alpha value is -1.76. The number of carbonyl (C=O) groups excluding carboxylic acids is 1. The predicted molar refractivity (Wildman–Crippen MR) is 102 cm³/mol. The van der Waals surface area contributed by atoms with Crippen molar-refractivity contribution in [1.29, 1.82) is 0 Å². The minimum Gasteiger partial charge on any atom is -0.379 e. The molecule has 0 unspecified atom stereocenters. The number of nitrogens with one attached hydrogen (secondary N) is 1. The monoisotopic (exact) mass is 371 g/mol. The van der Waals surface area contributed by atoms with Crippen LogP contribution in [0.4, 0.5) is 0 Å². The number of thiophene rings is 1. The zero-order chi connectivity index (χ0) is 17.9. The van der Waals surface area contributed by atoms with Crippen LogP contribution in [0.1, 0.15) is 45.4 Å². The van der Waals surface area contributed by atoms with Gasteiger partial charge in [0.2, 0.25) is 0 Å². The van der Waals surface area contributed by atoms with Crippen LogP contribution in [-0.2, 0) is 30.7 Å². The van der Waals surface area contributed by atoms with Gasteiger partial charge in [-0.25, -0.2) is 0 Å². The number of amides is 1. The molecule has 0 saturated carbocycles. The van der Waals surface area contributed by atoms with E-state index in [0.29, 0.717) is 6.61 Å². The van der Waals surface area contributed by atoms with Crippen molar-refractivity contribution < 1.29 is 9.53 Å². The van der Waals surface area contributed by atoms with Crippen molar-refractivity contribution in [3.63, 3.8) is 0 Å². The van der Waals surface area contributed by atoms with Crippen LogP contribution in [0.5, 0.6) is 0 Å². The van der Waals surface area contributed by atoms with Crippen molar-refractivity contribution in [2.24, 2.45) is 0 Å². The lowest BCUT2D eigenvalue weighted by molar-refractivity contribution is 0.0928. The van der Waals surface area contributed by atoms with Crippen LogP contribution in [0.3, 0.4) is 0 Å². The summed E-state index contributed by atoms with van der Waals surface area (Å²) in [5.74, 6) is 0.0586. The molecule has 4 heterocycles. The van der Waals surface area contributed by atoms with Gasteiger partial charge >= 0.3 is 0 Å². The van der Waals surface area contributed by atoms with Crippen LogP contribution in [0.2, 0.25) is 0 Å². The molecule has 1 fully saturated rings.